The van der Waals surface area contributed by atoms with Crippen molar-refractivity contribution >= 4 is 132 Å². The molecule has 3 nitrogen and oxygen atoms in total. The van der Waals surface area contributed by atoms with Gasteiger partial charge in [0.05, 0.1) is 32.2 Å². The van der Waals surface area contributed by atoms with E-state index < -0.39 is 12.1 Å². The number of hydrogen-bond acceptors (Lipinski definition) is 3. The molecule has 0 bridgehead atoms. The third-order valence-electron chi connectivity index (χ3n) is 26.2. The van der Waals surface area contributed by atoms with Gasteiger partial charge in [0.2, 0.25) is 0 Å². The summed E-state index contributed by atoms with van der Waals surface area (Å²) in [5.41, 5.74) is 29.3. The van der Waals surface area contributed by atoms with E-state index in [1.165, 1.54) is 16.5 Å². The maximum Gasteiger partial charge on any atom is 0.264 e. The molecule has 0 unspecified atom stereocenters. The number of rotatable bonds is 11. The molecule has 0 aliphatic carbocycles. The molecule has 2 aliphatic rings. The van der Waals surface area contributed by atoms with E-state index in [4.69, 9.17) is 0 Å². The maximum absolute atomic E-state index is 12.4. The highest BCUT2D eigenvalue weighted by Crippen LogP contribution is 2.58. The smallest absolute Gasteiger partial charge is 0.264 e. The van der Waals surface area contributed by atoms with Crippen molar-refractivity contribution in [3.05, 3.63) is 386 Å². The highest BCUT2D eigenvalue weighted by molar-refractivity contribution is 7.33. The molecule has 0 fully saturated rings. The van der Waals surface area contributed by atoms with Gasteiger partial charge in [0.25, 0.3) is 6.71 Å². The molecule has 20 aromatic rings. The zero-order valence-corrected chi connectivity index (χ0v) is 72.6. The Labute approximate surface area is 731 Å². The SMILES string of the molecule is [2H]c1c([2H])c(-n2c3ccccc3c3cc4ccc5cccc6ccc(c4c56)c32)c([2H])c2c1B1c3sc4cc(C(C)(C)C)ccc4c3N(c3c(-c4cccc(-c5ccccc5)c4)cc(C(C)(C)C)cc3-c3cccc(-c4ccccc4)c3)c3cc(C(C)(C)C)cc(c31)N2c1c(-c2cccc(-c3ccccc3)c2)cc(C(C)(C)C)cc1-c1cccc(-c2ccccc2)c1. The summed E-state index contributed by atoms with van der Waals surface area (Å²) in [6.07, 6.45) is 0. The topological polar surface area (TPSA) is 11.4 Å². The summed E-state index contributed by atoms with van der Waals surface area (Å²) in [4.78, 5) is 5.18. The van der Waals surface area contributed by atoms with Gasteiger partial charge in [-0.2, -0.15) is 0 Å². The molecule has 2 aliphatic heterocycles. The van der Waals surface area contributed by atoms with E-state index in [1.54, 1.807) is 0 Å². The lowest BCUT2D eigenvalue weighted by molar-refractivity contribution is 0.590. The molecule has 2 aromatic heterocycles. The van der Waals surface area contributed by atoms with Crippen molar-refractivity contribution in [2.45, 2.75) is 105 Å². The lowest BCUT2D eigenvalue weighted by atomic mass is 9.36. The number of nitrogens with zero attached hydrogens (tertiary/aromatic N) is 3. The zero-order valence-electron chi connectivity index (χ0n) is 74.7. The summed E-state index contributed by atoms with van der Waals surface area (Å²) in [5, 5.41) is 9.88. The highest BCUT2D eigenvalue weighted by Gasteiger charge is 2.48. The summed E-state index contributed by atoms with van der Waals surface area (Å²) in [7, 11) is 0. The van der Waals surface area contributed by atoms with Crippen molar-refractivity contribution in [3.8, 4) is 94.7 Å². The Balaban J connectivity index is 0.955. The molecule has 592 valence electrons. The molecule has 0 amide bonds. The molecule has 0 saturated carbocycles. The summed E-state index contributed by atoms with van der Waals surface area (Å²) >= 11 is 1.81. The quantitative estimate of drug-likeness (QED) is 0.0944. The van der Waals surface area contributed by atoms with Gasteiger partial charge in [0.1, 0.15) is 0 Å². The number of aromatic nitrogens is 1. The maximum atomic E-state index is 12.4. The van der Waals surface area contributed by atoms with Crippen molar-refractivity contribution in [2.75, 3.05) is 9.80 Å². The molecule has 0 saturated heterocycles. The Morgan fingerprint density at radius 3 is 1.16 bits per heavy atom. The van der Waals surface area contributed by atoms with Crippen molar-refractivity contribution in [3.63, 3.8) is 0 Å². The summed E-state index contributed by atoms with van der Waals surface area (Å²) in [6.45, 7) is 27.3. The van der Waals surface area contributed by atoms with Crippen LogP contribution >= 0.6 is 11.3 Å². The Bertz CT molecular complexity index is 7630. The minimum absolute atomic E-state index is 0.0166. The van der Waals surface area contributed by atoms with Crippen molar-refractivity contribution in [1.29, 1.82) is 0 Å². The van der Waals surface area contributed by atoms with Crippen LogP contribution in [-0.2, 0) is 21.7 Å². The molecule has 0 spiro atoms. The fraction of sp³-hybridized carbons (Fsp3) is 0.136. The Kier molecular flexibility index (Phi) is 16.8. The van der Waals surface area contributed by atoms with Gasteiger partial charge in [-0.05, 0) is 239 Å². The standard InChI is InChI=1S/C118H96BN3S/c1-115(2,3)88-55-58-94-106(71-88)123-114-113(94)122(112-98(85-48-30-44-81(62-85)75-36-21-15-22-37-75)67-90(117(7,8)9)68-99(112)86-49-31-45-82(63-86)76-38-23-16-24-39-76)105-70-91(118(10,11)12)69-104-109(105)119(114)101-59-56-92(120-102-51-26-25-50-93(102)100-64-87-53-52-77-40-27-41-78-54-57-95(110(100)120)108(87)107(77)78)72-103(101)121(104)111-96(83-46-28-42-79(60-83)73-32-17-13-18-33-73)65-89(116(4,5)6)66-97(111)84-47-29-43-80(61-84)74-34-19-14-20-35-74/h13-72H,1-12H3/i56D,59D,72D. The number of thiophene rings is 1. The van der Waals surface area contributed by atoms with Crippen LogP contribution in [0.2, 0.25) is 0 Å². The third kappa shape index (κ3) is 12.7. The molecular formula is C118H96BN3S. The van der Waals surface area contributed by atoms with Gasteiger partial charge < -0.3 is 14.4 Å². The van der Waals surface area contributed by atoms with Crippen LogP contribution in [0, 0.1) is 0 Å². The van der Waals surface area contributed by atoms with Crippen LogP contribution in [0.15, 0.2) is 364 Å². The molecule has 4 heterocycles. The lowest BCUT2D eigenvalue weighted by Gasteiger charge is -2.46. The molecular weight excluding hydrogens is 1500 g/mol. The van der Waals surface area contributed by atoms with Crippen LogP contribution < -0.4 is 25.5 Å². The highest BCUT2D eigenvalue weighted by atomic mass is 32.1. The molecule has 22 rings (SSSR count). The van der Waals surface area contributed by atoms with Gasteiger partial charge in [-0.15, -0.1) is 11.3 Å². The average molecular weight is 1600 g/mol. The van der Waals surface area contributed by atoms with Crippen LogP contribution in [0.4, 0.5) is 34.1 Å². The molecule has 0 N–H and O–H groups in total. The largest absolute Gasteiger partial charge is 0.310 e. The van der Waals surface area contributed by atoms with Crippen LogP contribution in [0.3, 0.4) is 0 Å². The van der Waals surface area contributed by atoms with Gasteiger partial charge in [-0.25, -0.2) is 0 Å². The average Bonchev–Trinajstić information content (AvgIpc) is 1.25. The number of para-hydroxylation sites is 1. The van der Waals surface area contributed by atoms with Crippen LogP contribution in [-0.4, -0.2) is 11.3 Å². The van der Waals surface area contributed by atoms with E-state index >= 15 is 0 Å². The van der Waals surface area contributed by atoms with E-state index in [0.717, 1.165) is 198 Å². The number of benzene rings is 18. The van der Waals surface area contributed by atoms with Gasteiger partial charge in [-0.3, -0.25) is 0 Å². The van der Waals surface area contributed by atoms with Crippen molar-refractivity contribution in [1.82, 2.24) is 4.57 Å². The summed E-state index contributed by atoms with van der Waals surface area (Å²) in [5.74, 6) is 0. The molecule has 18 aromatic carbocycles. The van der Waals surface area contributed by atoms with E-state index in [2.05, 4.69) is 443 Å². The second kappa shape index (κ2) is 28.5. The predicted molar refractivity (Wildman–Crippen MR) is 532 cm³/mol. The van der Waals surface area contributed by atoms with E-state index in [1.807, 2.05) is 11.3 Å². The van der Waals surface area contributed by atoms with Gasteiger partial charge >= 0.3 is 0 Å². The first-order valence-corrected chi connectivity index (χ1v) is 44.2. The monoisotopic (exact) mass is 1600 g/mol. The van der Waals surface area contributed by atoms with Crippen molar-refractivity contribution in [2.24, 2.45) is 0 Å². The molecule has 0 atom stereocenters. The molecule has 0 radical (unpaired) electrons. The van der Waals surface area contributed by atoms with Gasteiger partial charge in [0, 0.05) is 76.0 Å². The third-order valence-corrected chi connectivity index (χ3v) is 27.4. The Morgan fingerprint density at radius 1 is 0.285 bits per heavy atom. The van der Waals surface area contributed by atoms with Gasteiger partial charge in [0.15, 0.2) is 0 Å². The fourth-order valence-electron chi connectivity index (χ4n) is 19.7. The van der Waals surface area contributed by atoms with Crippen LogP contribution in [0.1, 0.15) is 109 Å². The van der Waals surface area contributed by atoms with Crippen LogP contribution in [0.25, 0.3) is 159 Å². The van der Waals surface area contributed by atoms with E-state index in [0.29, 0.717) is 16.8 Å². The van der Waals surface area contributed by atoms with Gasteiger partial charge in [-0.1, -0.05) is 356 Å². The minimum Gasteiger partial charge on any atom is -0.310 e. The van der Waals surface area contributed by atoms with Crippen molar-refractivity contribution < 1.29 is 4.11 Å². The Hall–Kier alpha value is -13.6. The lowest BCUT2D eigenvalue weighted by Crippen LogP contribution is -2.60. The normalized spacial score (nSPS) is 13.3. The van der Waals surface area contributed by atoms with E-state index in [-0.39, 0.29) is 34.4 Å². The fourth-order valence-corrected chi connectivity index (χ4v) is 21.0. The second-order valence-electron chi connectivity index (χ2n) is 38.2. The minimum atomic E-state index is -0.713. The summed E-state index contributed by atoms with van der Waals surface area (Å²) in [6, 6.07) is 128. The molecule has 123 heavy (non-hydrogen) atoms. The first-order chi connectivity index (χ1) is 60.8. The number of fused-ring (bicyclic) bond motifs is 10. The summed E-state index contributed by atoms with van der Waals surface area (Å²) < 4.78 is 40.3. The number of anilines is 6. The Morgan fingerprint density at radius 2 is 0.683 bits per heavy atom. The van der Waals surface area contributed by atoms with Crippen LogP contribution in [0.5, 0.6) is 0 Å². The zero-order chi connectivity index (χ0) is 86.3. The number of hydrogen-bond donors (Lipinski definition) is 0. The van der Waals surface area contributed by atoms with E-state index in [9.17, 15) is 4.11 Å². The second-order valence-corrected chi connectivity index (χ2v) is 39.2. The first kappa shape index (κ1) is 72.3. The molecule has 5 heteroatoms. The first-order valence-electron chi connectivity index (χ1n) is 44.9. The predicted octanol–water partition coefficient (Wildman–Crippen LogP) is 31.5.